The van der Waals surface area contributed by atoms with E-state index >= 15 is 0 Å². The van der Waals surface area contributed by atoms with Gasteiger partial charge in [0, 0.05) is 18.7 Å². The minimum absolute atomic E-state index is 0.128. The molecule has 0 fully saturated rings. The van der Waals surface area contributed by atoms with Crippen molar-refractivity contribution in [2.24, 2.45) is 0 Å². The summed E-state index contributed by atoms with van der Waals surface area (Å²) in [4.78, 5) is 27.8. The van der Waals surface area contributed by atoms with Gasteiger partial charge in [-0.2, -0.15) is 0 Å². The Labute approximate surface area is 213 Å². The molecule has 2 amide bonds. The summed E-state index contributed by atoms with van der Waals surface area (Å²) < 4.78 is 11.4. The van der Waals surface area contributed by atoms with Gasteiger partial charge in [-0.05, 0) is 72.9 Å². The zero-order chi connectivity index (χ0) is 25.7. The minimum Gasteiger partial charge on any atom is -0.497 e. The first-order valence-electron chi connectivity index (χ1n) is 12.5. The zero-order valence-electron chi connectivity index (χ0n) is 21.4. The molecule has 1 N–H and O–H groups in total. The summed E-state index contributed by atoms with van der Waals surface area (Å²) in [6.07, 6.45) is 1.11. The molecule has 0 bridgehead atoms. The molecule has 0 radical (unpaired) electrons. The highest BCUT2D eigenvalue weighted by atomic mass is 16.5. The summed E-state index contributed by atoms with van der Waals surface area (Å²) in [5, 5.41) is 2.92. The van der Waals surface area contributed by atoms with Crippen LogP contribution in [0.5, 0.6) is 11.5 Å². The molecule has 1 heterocycles. The average molecular weight is 487 g/mol. The van der Waals surface area contributed by atoms with Crippen LogP contribution >= 0.6 is 0 Å². The third-order valence-corrected chi connectivity index (χ3v) is 6.66. The van der Waals surface area contributed by atoms with E-state index in [0.29, 0.717) is 30.8 Å². The van der Waals surface area contributed by atoms with E-state index < -0.39 is 6.10 Å². The van der Waals surface area contributed by atoms with Crippen LogP contribution in [0.1, 0.15) is 55.0 Å². The molecule has 0 saturated heterocycles. The van der Waals surface area contributed by atoms with Crippen LogP contribution in [-0.4, -0.2) is 36.5 Å². The van der Waals surface area contributed by atoms with Crippen molar-refractivity contribution in [1.82, 2.24) is 4.90 Å². The summed E-state index contributed by atoms with van der Waals surface area (Å²) in [5.74, 6) is 1.26. The van der Waals surface area contributed by atoms with E-state index in [9.17, 15) is 9.59 Å². The minimum atomic E-state index is -0.653. The predicted octanol–water partition coefficient (Wildman–Crippen LogP) is 5.68. The van der Waals surface area contributed by atoms with Crippen molar-refractivity contribution in [3.8, 4) is 11.5 Å². The second kappa shape index (κ2) is 11.3. The molecule has 1 aliphatic rings. The van der Waals surface area contributed by atoms with Gasteiger partial charge < -0.3 is 19.7 Å². The molecular formula is C30H34N2O4. The normalized spacial score (nSPS) is 15.6. The standard InChI is InChI=1S/C30H34N2O4/c1-5-27(30(34)31-23-12-15-24(35-4)16-13-23)36-25-14-11-21-17-18-32(28(33)6-2)29(26(21)19-25)22-9-7-20(3)8-10-22/h7-16,19,27,29H,5-6,17-18H2,1-4H3,(H,31,34)/t27-,29+/m0/s1. The maximum Gasteiger partial charge on any atom is 0.265 e. The van der Waals surface area contributed by atoms with Crippen molar-refractivity contribution in [2.45, 2.75) is 52.2 Å². The number of ether oxygens (including phenoxy) is 2. The van der Waals surface area contributed by atoms with Crippen molar-refractivity contribution in [3.05, 3.63) is 89.0 Å². The van der Waals surface area contributed by atoms with Crippen molar-refractivity contribution in [1.29, 1.82) is 0 Å². The number of hydrogen-bond donors (Lipinski definition) is 1. The smallest absolute Gasteiger partial charge is 0.265 e. The van der Waals surface area contributed by atoms with Gasteiger partial charge in [0.1, 0.15) is 11.5 Å². The Morgan fingerprint density at radius 2 is 1.69 bits per heavy atom. The number of hydrogen-bond acceptors (Lipinski definition) is 4. The summed E-state index contributed by atoms with van der Waals surface area (Å²) in [6.45, 7) is 6.56. The Morgan fingerprint density at radius 1 is 1.00 bits per heavy atom. The first-order valence-corrected chi connectivity index (χ1v) is 12.5. The summed E-state index contributed by atoms with van der Waals surface area (Å²) in [5.41, 5.74) is 5.18. The molecule has 1 aliphatic heterocycles. The highest BCUT2D eigenvalue weighted by Crippen LogP contribution is 2.38. The molecule has 188 valence electrons. The van der Waals surface area contributed by atoms with E-state index in [1.165, 1.54) is 11.1 Å². The molecule has 2 atom stereocenters. The molecule has 6 nitrogen and oxygen atoms in total. The molecule has 0 spiro atoms. The predicted molar refractivity (Wildman–Crippen MR) is 142 cm³/mol. The number of carbonyl (C=O) groups is 2. The lowest BCUT2D eigenvalue weighted by Crippen LogP contribution is -2.40. The largest absolute Gasteiger partial charge is 0.497 e. The van der Waals surface area contributed by atoms with Gasteiger partial charge in [0.05, 0.1) is 13.2 Å². The molecular weight excluding hydrogens is 452 g/mol. The number of rotatable bonds is 8. The van der Waals surface area contributed by atoms with Gasteiger partial charge in [-0.15, -0.1) is 0 Å². The molecule has 3 aromatic carbocycles. The van der Waals surface area contributed by atoms with Gasteiger partial charge in [0.15, 0.2) is 6.10 Å². The maximum absolute atomic E-state index is 13.0. The second-order valence-electron chi connectivity index (χ2n) is 9.10. The molecule has 0 unspecified atom stereocenters. The van der Waals surface area contributed by atoms with Crippen molar-refractivity contribution in [2.75, 3.05) is 19.0 Å². The lowest BCUT2D eigenvalue weighted by Gasteiger charge is -2.38. The van der Waals surface area contributed by atoms with Gasteiger partial charge in [-0.3, -0.25) is 9.59 Å². The van der Waals surface area contributed by atoms with Gasteiger partial charge >= 0.3 is 0 Å². The maximum atomic E-state index is 13.0. The second-order valence-corrected chi connectivity index (χ2v) is 9.10. The van der Waals surface area contributed by atoms with Gasteiger partial charge in [0.25, 0.3) is 5.91 Å². The van der Waals surface area contributed by atoms with Crippen LogP contribution < -0.4 is 14.8 Å². The molecule has 0 saturated carbocycles. The molecule has 0 aromatic heterocycles. The van der Waals surface area contributed by atoms with Crippen LogP contribution in [0.25, 0.3) is 0 Å². The molecule has 36 heavy (non-hydrogen) atoms. The Bertz CT molecular complexity index is 1200. The third kappa shape index (κ3) is 5.54. The van der Waals surface area contributed by atoms with Crippen LogP contribution in [0.4, 0.5) is 5.69 Å². The van der Waals surface area contributed by atoms with Gasteiger partial charge in [-0.25, -0.2) is 0 Å². The number of nitrogens with one attached hydrogen (secondary N) is 1. The Balaban J connectivity index is 1.59. The van der Waals surface area contributed by atoms with E-state index in [4.69, 9.17) is 9.47 Å². The van der Waals surface area contributed by atoms with Gasteiger partial charge in [-0.1, -0.05) is 49.7 Å². The molecule has 6 heteroatoms. The first-order chi connectivity index (χ1) is 17.4. The van der Waals surface area contributed by atoms with E-state index in [-0.39, 0.29) is 17.9 Å². The first kappa shape index (κ1) is 25.3. The monoisotopic (exact) mass is 486 g/mol. The van der Waals surface area contributed by atoms with E-state index in [2.05, 4.69) is 42.6 Å². The highest BCUT2D eigenvalue weighted by Gasteiger charge is 2.32. The number of carbonyl (C=O) groups excluding carboxylic acids is 2. The van der Waals surface area contributed by atoms with Gasteiger partial charge in [0.2, 0.25) is 5.91 Å². The SMILES string of the molecule is CCC(=O)N1CCc2ccc(O[C@@H](CC)C(=O)Nc3ccc(OC)cc3)cc2[C@H]1c1ccc(C)cc1. The van der Waals surface area contributed by atoms with Crippen molar-refractivity contribution in [3.63, 3.8) is 0 Å². The fourth-order valence-electron chi connectivity index (χ4n) is 4.63. The number of fused-ring (bicyclic) bond motifs is 1. The van der Waals surface area contributed by atoms with Crippen molar-refractivity contribution < 1.29 is 19.1 Å². The van der Waals surface area contributed by atoms with E-state index in [1.54, 1.807) is 31.4 Å². The lowest BCUT2D eigenvalue weighted by molar-refractivity contribution is -0.133. The van der Waals surface area contributed by atoms with Crippen LogP contribution in [-0.2, 0) is 16.0 Å². The fourth-order valence-corrected chi connectivity index (χ4v) is 4.63. The quantitative estimate of drug-likeness (QED) is 0.445. The number of nitrogens with zero attached hydrogens (tertiary/aromatic N) is 1. The third-order valence-electron chi connectivity index (χ3n) is 6.66. The molecule has 0 aliphatic carbocycles. The number of methoxy groups -OCH3 is 1. The number of aryl methyl sites for hydroxylation is 1. The number of anilines is 1. The highest BCUT2D eigenvalue weighted by molar-refractivity contribution is 5.94. The number of amides is 2. The average Bonchev–Trinajstić information content (AvgIpc) is 2.91. The van der Waals surface area contributed by atoms with Crippen LogP contribution in [0.3, 0.4) is 0 Å². The van der Waals surface area contributed by atoms with Crippen molar-refractivity contribution >= 4 is 17.5 Å². The zero-order valence-corrected chi connectivity index (χ0v) is 21.4. The lowest BCUT2D eigenvalue weighted by atomic mass is 9.87. The Kier molecular flexibility index (Phi) is 7.93. The Hall–Kier alpha value is -3.80. The van der Waals surface area contributed by atoms with Crippen LogP contribution in [0.2, 0.25) is 0 Å². The fraction of sp³-hybridized carbons (Fsp3) is 0.333. The topological polar surface area (TPSA) is 67.9 Å². The van der Waals surface area contributed by atoms with Crippen LogP contribution in [0.15, 0.2) is 66.7 Å². The Morgan fingerprint density at radius 3 is 2.33 bits per heavy atom. The van der Waals surface area contributed by atoms with E-state index in [0.717, 1.165) is 23.3 Å². The summed E-state index contributed by atoms with van der Waals surface area (Å²) >= 11 is 0. The molecule has 4 rings (SSSR count). The van der Waals surface area contributed by atoms with E-state index in [1.807, 2.05) is 30.9 Å². The summed E-state index contributed by atoms with van der Waals surface area (Å²) in [7, 11) is 1.61. The molecule has 3 aromatic rings. The number of benzene rings is 3. The summed E-state index contributed by atoms with van der Waals surface area (Å²) in [6, 6.07) is 21.3. The van der Waals surface area contributed by atoms with Crippen LogP contribution in [0, 0.1) is 6.92 Å².